The van der Waals surface area contributed by atoms with Crippen LogP contribution in [-0.4, -0.2) is 105 Å². The van der Waals surface area contributed by atoms with Gasteiger partial charge in [0.1, 0.15) is 58.1 Å². The number of carboxylic acids is 1. The molecule has 5 aliphatic heterocycles. The Hall–Kier alpha value is -3.66. The predicted octanol–water partition coefficient (Wildman–Crippen LogP) is 2.05. The summed E-state index contributed by atoms with van der Waals surface area (Å²) in [6.07, 6.45) is -0.523. The molecule has 6 aliphatic rings. The average Bonchev–Trinajstić information content (AvgIpc) is 3.41. The van der Waals surface area contributed by atoms with Gasteiger partial charge in [-0.15, -0.1) is 0 Å². The topological polar surface area (TPSA) is 112 Å². The molecule has 212 valence electrons. The van der Waals surface area contributed by atoms with Gasteiger partial charge in [-0.25, -0.2) is 4.79 Å². The Morgan fingerprint density at radius 1 is 0.927 bits per heavy atom. The summed E-state index contributed by atoms with van der Waals surface area (Å²) in [5, 5.41) is 20.0. The first-order chi connectivity index (χ1) is 19.5. The van der Waals surface area contributed by atoms with Crippen molar-refractivity contribution in [3.63, 3.8) is 0 Å². The molecule has 2 aromatic rings. The SMILES string of the molecule is CC(=O)C[N+]12CC[N+](Cc3ccc4c(c3)-c3ccc(C5=C(C(=O)O)N6C(=O)[C@H]([C@@H](C)O)[C@H]6C5)cc3C4=O)(CC1)CC2. The number of hydrogen-bond acceptors (Lipinski definition) is 5. The van der Waals surface area contributed by atoms with Crippen LogP contribution in [0.4, 0.5) is 0 Å². The first-order valence-electron chi connectivity index (χ1n) is 14.5. The molecule has 0 spiro atoms. The van der Waals surface area contributed by atoms with Gasteiger partial charge in [0.05, 0.1) is 18.1 Å². The molecule has 2 aromatic carbocycles. The first-order valence-corrected chi connectivity index (χ1v) is 14.5. The molecule has 1 aliphatic carbocycles. The molecule has 4 fully saturated rings. The fourth-order valence-corrected chi connectivity index (χ4v) is 8.22. The van der Waals surface area contributed by atoms with Crippen molar-refractivity contribution in [3.8, 4) is 11.1 Å². The summed E-state index contributed by atoms with van der Waals surface area (Å²) in [4.78, 5) is 51.4. The van der Waals surface area contributed by atoms with Crippen molar-refractivity contribution in [2.75, 3.05) is 45.8 Å². The zero-order valence-corrected chi connectivity index (χ0v) is 23.4. The van der Waals surface area contributed by atoms with Gasteiger partial charge < -0.3 is 24.1 Å². The van der Waals surface area contributed by atoms with E-state index in [0.29, 0.717) is 35.2 Å². The van der Waals surface area contributed by atoms with Crippen LogP contribution in [0, 0.1) is 5.92 Å². The number of piperazine rings is 3. The molecule has 8 rings (SSSR count). The van der Waals surface area contributed by atoms with E-state index in [1.54, 1.807) is 19.9 Å². The lowest BCUT2D eigenvalue weighted by molar-refractivity contribution is -1.08. The van der Waals surface area contributed by atoms with Crippen LogP contribution < -0.4 is 0 Å². The number of carboxylic acid groups (broad SMARTS) is 1. The maximum absolute atomic E-state index is 13.5. The van der Waals surface area contributed by atoms with Crippen LogP contribution in [0.3, 0.4) is 0 Å². The molecule has 2 N–H and O–H groups in total. The van der Waals surface area contributed by atoms with Gasteiger partial charge in [-0.1, -0.05) is 18.2 Å². The summed E-state index contributed by atoms with van der Waals surface area (Å²) in [6, 6.07) is 11.3. The van der Waals surface area contributed by atoms with Crippen molar-refractivity contribution < 1.29 is 38.4 Å². The number of hydrogen-bond donors (Lipinski definition) is 2. The van der Waals surface area contributed by atoms with E-state index in [2.05, 4.69) is 12.1 Å². The molecule has 1 amide bonds. The summed E-state index contributed by atoms with van der Waals surface area (Å²) < 4.78 is 1.95. The van der Waals surface area contributed by atoms with Crippen molar-refractivity contribution in [2.45, 2.75) is 39.0 Å². The van der Waals surface area contributed by atoms with E-state index < -0.39 is 18.0 Å². The minimum absolute atomic E-state index is 0.0509. The van der Waals surface area contributed by atoms with Crippen LogP contribution in [0.25, 0.3) is 16.7 Å². The third-order valence-corrected chi connectivity index (χ3v) is 10.4. The second kappa shape index (κ2) is 8.92. The van der Waals surface area contributed by atoms with E-state index >= 15 is 0 Å². The van der Waals surface area contributed by atoms with Crippen molar-refractivity contribution in [3.05, 3.63) is 64.3 Å². The minimum Gasteiger partial charge on any atom is -0.477 e. The van der Waals surface area contributed by atoms with E-state index in [9.17, 15) is 29.4 Å². The second-order valence-electron chi connectivity index (χ2n) is 12.9. The van der Waals surface area contributed by atoms with E-state index in [4.69, 9.17) is 0 Å². The van der Waals surface area contributed by atoms with Crippen molar-refractivity contribution in [2.24, 2.45) is 5.92 Å². The lowest BCUT2D eigenvalue weighted by atomic mass is 9.82. The molecule has 2 bridgehead atoms. The normalized spacial score (nSPS) is 30.2. The summed E-state index contributed by atoms with van der Waals surface area (Å²) in [5.74, 6) is -1.97. The monoisotopic (exact) mass is 557 g/mol. The number of carbonyl (C=O) groups is 4. The number of amides is 1. The van der Waals surface area contributed by atoms with Crippen molar-refractivity contribution in [1.82, 2.24) is 4.90 Å². The molecular weight excluding hydrogens is 522 g/mol. The number of β-lactam (4-membered cyclic amide) rings is 1. The molecule has 0 saturated carbocycles. The van der Waals surface area contributed by atoms with Crippen LogP contribution in [0.15, 0.2) is 42.1 Å². The Bertz CT molecular complexity index is 1570. The number of nitrogens with zero attached hydrogens (tertiary/aromatic N) is 3. The maximum atomic E-state index is 13.5. The van der Waals surface area contributed by atoms with Gasteiger partial charge in [-0.3, -0.25) is 14.4 Å². The number of aliphatic hydroxyl groups excluding tert-OH is 1. The molecule has 3 atom stereocenters. The number of Topliss-reactive ketones (excluding diaryl/α,β-unsaturated/α-hetero) is 1. The van der Waals surface area contributed by atoms with Crippen molar-refractivity contribution in [1.29, 1.82) is 0 Å². The number of carbonyl (C=O) groups excluding carboxylic acids is 3. The van der Waals surface area contributed by atoms with E-state index in [0.717, 1.165) is 65.9 Å². The molecule has 0 radical (unpaired) electrons. The van der Waals surface area contributed by atoms with Gasteiger partial charge in [0.25, 0.3) is 0 Å². The highest BCUT2D eigenvalue weighted by Gasteiger charge is 2.57. The Labute approximate surface area is 238 Å². The summed E-state index contributed by atoms with van der Waals surface area (Å²) in [7, 11) is 0. The van der Waals surface area contributed by atoms with Gasteiger partial charge in [-0.05, 0) is 53.8 Å². The van der Waals surface area contributed by atoms with Crippen LogP contribution in [-0.2, 0) is 20.9 Å². The predicted molar refractivity (Wildman–Crippen MR) is 149 cm³/mol. The van der Waals surface area contributed by atoms with E-state index in [1.165, 1.54) is 10.5 Å². The highest BCUT2D eigenvalue weighted by Crippen LogP contribution is 2.48. The highest BCUT2D eigenvalue weighted by atomic mass is 16.4. The zero-order chi connectivity index (χ0) is 28.8. The highest BCUT2D eigenvalue weighted by molar-refractivity contribution is 6.22. The van der Waals surface area contributed by atoms with Gasteiger partial charge in [0.2, 0.25) is 5.91 Å². The van der Waals surface area contributed by atoms with Crippen LogP contribution in [0.5, 0.6) is 0 Å². The number of rotatable bonds is 7. The third-order valence-electron chi connectivity index (χ3n) is 10.4. The molecule has 5 heterocycles. The van der Waals surface area contributed by atoms with Crippen LogP contribution in [0.1, 0.15) is 47.3 Å². The number of aliphatic hydroxyl groups is 1. The van der Waals surface area contributed by atoms with Gasteiger partial charge in [0, 0.05) is 23.6 Å². The Kier molecular flexibility index (Phi) is 5.71. The lowest BCUT2D eigenvalue weighted by Crippen LogP contribution is -2.75. The zero-order valence-electron chi connectivity index (χ0n) is 23.4. The number of benzene rings is 2. The van der Waals surface area contributed by atoms with Gasteiger partial charge >= 0.3 is 5.97 Å². The average molecular weight is 558 g/mol. The Balaban J connectivity index is 1.16. The fraction of sp³-hybridized carbons (Fsp3) is 0.438. The molecule has 0 aromatic heterocycles. The number of aliphatic carboxylic acids is 1. The first kappa shape index (κ1) is 26.3. The van der Waals surface area contributed by atoms with E-state index in [1.807, 2.05) is 18.2 Å². The molecule has 4 saturated heterocycles. The summed E-state index contributed by atoms with van der Waals surface area (Å²) in [6.45, 7) is 11.1. The molecule has 0 unspecified atom stereocenters. The smallest absolute Gasteiger partial charge is 0.352 e. The number of fused-ring (bicyclic) bond motifs is 7. The maximum Gasteiger partial charge on any atom is 0.352 e. The van der Waals surface area contributed by atoms with Crippen molar-refractivity contribution >= 4 is 29.0 Å². The van der Waals surface area contributed by atoms with Gasteiger partial charge in [-0.2, -0.15) is 0 Å². The molecule has 9 nitrogen and oxygen atoms in total. The quantitative estimate of drug-likeness (QED) is 0.340. The van der Waals surface area contributed by atoms with Crippen LogP contribution in [0.2, 0.25) is 0 Å². The molecular formula is C32H35N3O6+2. The second-order valence-corrected chi connectivity index (χ2v) is 12.9. The third kappa shape index (κ3) is 3.86. The Morgan fingerprint density at radius 2 is 1.59 bits per heavy atom. The fourth-order valence-electron chi connectivity index (χ4n) is 8.22. The van der Waals surface area contributed by atoms with Crippen LogP contribution >= 0.6 is 0 Å². The largest absolute Gasteiger partial charge is 0.477 e. The van der Waals surface area contributed by atoms with Gasteiger partial charge in [0.15, 0.2) is 11.6 Å². The van der Waals surface area contributed by atoms with E-state index in [-0.39, 0.29) is 29.2 Å². The number of ketones is 2. The Morgan fingerprint density at radius 3 is 2.22 bits per heavy atom. The minimum atomic E-state index is -1.18. The lowest BCUT2D eigenvalue weighted by Gasteiger charge is -2.55. The molecule has 41 heavy (non-hydrogen) atoms. The number of quaternary nitrogens is 2. The summed E-state index contributed by atoms with van der Waals surface area (Å²) in [5.41, 5.74) is 5.26. The standard InChI is InChI=1S/C32H34N3O6/c1-18(36)16-34-7-10-35(11-8-34,12-9-34)17-20-3-5-23-25(13-20)22-6-4-21(14-26(22)30(23)38)24-15-27-28(19(2)37)31(39)33(27)29(24)32(40)41/h3-6,13-14,19,27-28,37H,7-12,15-17H2,1-2H3/q+1/p+1/t19-,27-,28-,34?,35?/m1/s1. The summed E-state index contributed by atoms with van der Waals surface area (Å²) >= 11 is 0. The molecule has 9 heteroatoms.